The second-order valence-corrected chi connectivity index (χ2v) is 6.58. The highest BCUT2D eigenvalue weighted by atomic mass is 15.3. The topological polar surface area (TPSA) is 46.0 Å². The molecule has 0 amide bonds. The predicted octanol–water partition coefficient (Wildman–Crippen LogP) is 1.65. The molecule has 1 N–H and O–H groups in total. The molecule has 1 unspecified atom stereocenters. The van der Waals surface area contributed by atoms with Gasteiger partial charge in [0.1, 0.15) is 12.2 Å². The first-order valence-electron chi connectivity index (χ1n) is 7.31. The summed E-state index contributed by atoms with van der Waals surface area (Å²) in [6, 6.07) is 0.618. The van der Waals surface area contributed by atoms with E-state index in [1.165, 1.54) is 12.8 Å². The summed E-state index contributed by atoms with van der Waals surface area (Å²) in [5.41, 5.74) is 0.227. The smallest absolute Gasteiger partial charge is 0.147 e. The lowest BCUT2D eigenvalue weighted by Crippen LogP contribution is -2.41. The predicted molar refractivity (Wildman–Crippen MR) is 76.9 cm³/mol. The van der Waals surface area contributed by atoms with Gasteiger partial charge in [-0.1, -0.05) is 0 Å². The van der Waals surface area contributed by atoms with Gasteiger partial charge in [0.25, 0.3) is 0 Å². The van der Waals surface area contributed by atoms with E-state index in [4.69, 9.17) is 0 Å². The highest BCUT2D eigenvalue weighted by Crippen LogP contribution is 2.15. The molecule has 2 rings (SSSR count). The average Bonchev–Trinajstić information content (AvgIpc) is 2.80. The fourth-order valence-corrected chi connectivity index (χ4v) is 2.50. The molecule has 0 saturated carbocycles. The van der Waals surface area contributed by atoms with Gasteiger partial charge in [-0.25, -0.2) is 0 Å². The summed E-state index contributed by atoms with van der Waals surface area (Å²) >= 11 is 0. The van der Waals surface area contributed by atoms with Crippen LogP contribution in [0.1, 0.15) is 46.4 Å². The highest BCUT2D eigenvalue weighted by molar-refractivity contribution is 4.91. The standard InChI is InChI=1S/C14H27N5/c1-12(6-5-7-15-14(2,3)4)18-8-9-19-11-16-17-13(19)10-18/h11-12,15H,5-10H2,1-4H3. The van der Waals surface area contributed by atoms with Crippen LogP contribution >= 0.6 is 0 Å². The summed E-state index contributed by atoms with van der Waals surface area (Å²) in [4.78, 5) is 2.51. The molecule has 1 aliphatic rings. The summed E-state index contributed by atoms with van der Waals surface area (Å²) in [6.07, 6.45) is 4.30. The third kappa shape index (κ3) is 4.28. The average molecular weight is 265 g/mol. The van der Waals surface area contributed by atoms with Crippen molar-refractivity contribution in [3.8, 4) is 0 Å². The van der Waals surface area contributed by atoms with Crippen LogP contribution in [0.5, 0.6) is 0 Å². The van der Waals surface area contributed by atoms with Crippen molar-refractivity contribution in [1.29, 1.82) is 0 Å². The molecular formula is C14H27N5. The first-order valence-corrected chi connectivity index (χ1v) is 7.31. The van der Waals surface area contributed by atoms with Gasteiger partial charge < -0.3 is 9.88 Å². The first-order chi connectivity index (χ1) is 8.96. The zero-order valence-corrected chi connectivity index (χ0v) is 12.7. The van der Waals surface area contributed by atoms with Gasteiger partial charge >= 0.3 is 0 Å². The van der Waals surface area contributed by atoms with Crippen LogP contribution in [0.2, 0.25) is 0 Å². The summed E-state index contributed by atoms with van der Waals surface area (Å²) in [5, 5.41) is 11.7. The van der Waals surface area contributed by atoms with Gasteiger partial charge in [0.2, 0.25) is 0 Å². The van der Waals surface area contributed by atoms with Crippen molar-refractivity contribution in [2.24, 2.45) is 0 Å². The number of nitrogens with one attached hydrogen (secondary N) is 1. The molecule has 1 aromatic rings. The van der Waals surface area contributed by atoms with Crippen LogP contribution in [-0.2, 0) is 13.1 Å². The fourth-order valence-electron chi connectivity index (χ4n) is 2.50. The molecule has 0 spiro atoms. The molecule has 0 aromatic carbocycles. The summed E-state index contributed by atoms with van der Waals surface area (Å²) < 4.78 is 2.16. The quantitative estimate of drug-likeness (QED) is 0.822. The zero-order valence-electron chi connectivity index (χ0n) is 12.7. The molecule has 0 saturated heterocycles. The lowest BCUT2D eigenvalue weighted by molar-refractivity contribution is 0.153. The van der Waals surface area contributed by atoms with E-state index < -0.39 is 0 Å². The van der Waals surface area contributed by atoms with Crippen LogP contribution in [0.4, 0.5) is 0 Å². The van der Waals surface area contributed by atoms with Gasteiger partial charge in [-0.05, 0) is 47.1 Å². The van der Waals surface area contributed by atoms with Crippen LogP contribution in [0.25, 0.3) is 0 Å². The monoisotopic (exact) mass is 265 g/mol. The Hall–Kier alpha value is -0.940. The summed E-state index contributed by atoms with van der Waals surface area (Å²) in [7, 11) is 0. The SMILES string of the molecule is CC(CCCNC(C)(C)C)N1CCn2cnnc2C1. The molecule has 108 valence electrons. The number of aromatic nitrogens is 3. The maximum Gasteiger partial charge on any atom is 0.147 e. The highest BCUT2D eigenvalue weighted by Gasteiger charge is 2.21. The number of hydrogen-bond donors (Lipinski definition) is 1. The van der Waals surface area contributed by atoms with E-state index in [0.717, 1.165) is 32.0 Å². The van der Waals surface area contributed by atoms with Crippen molar-refractivity contribution < 1.29 is 0 Å². The van der Waals surface area contributed by atoms with E-state index in [9.17, 15) is 0 Å². The van der Waals surface area contributed by atoms with Crippen molar-refractivity contribution in [3.05, 3.63) is 12.2 Å². The molecular weight excluding hydrogens is 238 g/mol. The zero-order chi connectivity index (χ0) is 13.9. The largest absolute Gasteiger partial charge is 0.315 e. The molecule has 0 radical (unpaired) electrons. The molecule has 2 heterocycles. The van der Waals surface area contributed by atoms with E-state index in [-0.39, 0.29) is 5.54 Å². The molecule has 5 nitrogen and oxygen atoms in total. The Morgan fingerprint density at radius 3 is 2.89 bits per heavy atom. The molecule has 5 heteroatoms. The van der Waals surface area contributed by atoms with Gasteiger partial charge in [0.15, 0.2) is 0 Å². The molecule has 19 heavy (non-hydrogen) atoms. The van der Waals surface area contributed by atoms with Gasteiger partial charge in [0.05, 0.1) is 6.54 Å². The van der Waals surface area contributed by atoms with Gasteiger partial charge in [-0.15, -0.1) is 10.2 Å². The first kappa shape index (κ1) is 14.5. The maximum absolute atomic E-state index is 4.18. The minimum absolute atomic E-state index is 0.227. The van der Waals surface area contributed by atoms with Crippen molar-refractivity contribution >= 4 is 0 Å². The van der Waals surface area contributed by atoms with Crippen LogP contribution in [0, 0.1) is 0 Å². The number of rotatable bonds is 5. The Balaban J connectivity index is 1.71. The number of hydrogen-bond acceptors (Lipinski definition) is 4. The molecule has 1 aliphatic heterocycles. The normalized spacial score (nSPS) is 18.3. The maximum atomic E-state index is 4.18. The molecule has 0 fully saturated rings. The summed E-state index contributed by atoms with van der Waals surface area (Å²) in [5.74, 6) is 1.10. The van der Waals surface area contributed by atoms with E-state index in [1.54, 1.807) is 0 Å². The third-order valence-corrected chi connectivity index (χ3v) is 3.75. The fraction of sp³-hybridized carbons (Fsp3) is 0.857. The molecule has 0 bridgehead atoms. The van der Waals surface area contributed by atoms with E-state index in [0.29, 0.717) is 6.04 Å². The Morgan fingerprint density at radius 2 is 2.16 bits per heavy atom. The molecule has 1 atom stereocenters. The van der Waals surface area contributed by atoms with Crippen LogP contribution in [-0.4, -0.2) is 44.3 Å². The number of nitrogens with zero attached hydrogens (tertiary/aromatic N) is 4. The van der Waals surface area contributed by atoms with Gasteiger partial charge in [-0.3, -0.25) is 4.90 Å². The molecule has 1 aromatic heterocycles. The van der Waals surface area contributed by atoms with Crippen LogP contribution in [0.3, 0.4) is 0 Å². The molecule has 0 aliphatic carbocycles. The minimum atomic E-state index is 0.227. The lowest BCUT2D eigenvalue weighted by Gasteiger charge is -2.32. The van der Waals surface area contributed by atoms with Gasteiger partial charge in [0, 0.05) is 24.7 Å². The Morgan fingerprint density at radius 1 is 1.37 bits per heavy atom. The second-order valence-electron chi connectivity index (χ2n) is 6.58. The summed E-state index contributed by atoms with van der Waals surface area (Å²) in [6.45, 7) is 13.1. The van der Waals surface area contributed by atoms with E-state index in [1.807, 2.05) is 6.33 Å². The Kier molecular flexibility index (Phi) is 4.58. The van der Waals surface area contributed by atoms with E-state index in [2.05, 4.69) is 52.7 Å². The van der Waals surface area contributed by atoms with Crippen LogP contribution in [0.15, 0.2) is 6.33 Å². The van der Waals surface area contributed by atoms with Gasteiger partial charge in [-0.2, -0.15) is 0 Å². The Bertz CT molecular complexity index is 393. The van der Waals surface area contributed by atoms with Crippen molar-refractivity contribution in [2.75, 3.05) is 13.1 Å². The second kappa shape index (κ2) is 6.01. The minimum Gasteiger partial charge on any atom is -0.315 e. The van der Waals surface area contributed by atoms with E-state index >= 15 is 0 Å². The number of fused-ring (bicyclic) bond motifs is 1. The van der Waals surface area contributed by atoms with Crippen LogP contribution < -0.4 is 5.32 Å². The van der Waals surface area contributed by atoms with Crippen molar-refractivity contribution in [2.45, 2.75) is 65.2 Å². The van der Waals surface area contributed by atoms with Crippen molar-refractivity contribution in [3.63, 3.8) is 0 Å². The van der Waals surface area contributed by atoms with Crippen molar-refractivity contribution in [1.82, 2.24) is 25.0 Å². The Labute approximate surface area is 116 Å². The lowest BCUT2D eigenvalue weighted by atomic mass is 10.1. The third-order valence-electron chi connectivity index (χ3n) is 3.75.